The van der Waals surface area contributed by atoms with Crippen LogP contribution < -0.4 is 15.1 Å². The van der Waals surface area contributed by atoms with Gasteiger partial charge in [0.2, 0.25) is 0 Å². The van der Waals surface area contributed by atoms with Gasteiger partial charge in [-0.15, -0.1) is 13.4 Å². The number of benzene rings is 1. The topological polar surface area (TPSA) is 63.6 Å². The number of hydrazone groups is 1. The van der Waals surface area contributed by atoms with E-state index < -0.39 is 42.0 Å². The zero-order valence-corrected chi connectivity index (χ0v) is 18.2. The van der Waals surface area contributed by atoms with Crippen LogP contribution in [0.15, 0.2) is 17.2 Å². The summed E-state index contributed by atoms with van der Waals surface area (Å²) in [5.41, 5.74) is -2.70. The highest BCUT2D eigenvalue weighted by atomic mass is 32.2. The van der Waals surface area contributed by atoms with Crippen LogP contribution in [0.3, 0.4) is 0 Å². The van der Waals surface area contributed by atoms with Crippen LogP contribution in [0.1, 0.15) is 40.2 Å². The summed E-state index contributed by atoms with van der Waals surface area (Å²) < 4.78 is 72.6. The number of carbonyl (C=O) groups is 1. The van der Waals surface area contributed by atoms with Crippen LogP contribution in [0.25, 0.3) is 0 Å². The number of nitrogens with zero attached hydrogens (tertiary/aromatic N) is 3. The molecule has 0 radical (unpaired) electrons. The molecule has 0 spiro atoms. The molecule has 7 nitrogen and oxygen atoms in total. The Kier molecular flexibility index (Phi) is 5.02. The summed E-state index contributed by atoms with van der Waals surface area (Å²) in [6, 6.07) is 1.22. The van der Waals surface area contributed by atoms with Crippen LogP contribution >= 0.6 is 12.3 Å². The smallest absolute Gasteiger partial charge is 0.483 e. The second-order valence-electron chi connectivity index (χ2n) is 8.52. The van der Waals surface area contributed by atoms with Crippen LogP contribution in [0.5, 0.6) is 5.75 Å². The lowest BCUT2D eigenvalue weighted by atomic mass is 9.75. The fourth-order valence-corrected chi connectivity index (χ4v) is 3.98. The number of hydrogen-bond donors (Lipinski definition) is 0. The van der Waals surface area contributed by atoms with Crippen LogP contribution in [0.4, 0.5) is 22.7 Å². The number of rotatable bonds is 2. The summed E-state index contributed by atoms with van der Waals surface area (Å²) in [6.07, 6.45) is -4.70. The lowest BCUT2D eigenvalue weighted by molar-refractivity contribution is -0.137. The molecule has 4 rings (SSSR count). The molecule has 0 saturated carbocycles. The number of amidine groups is 1. The lowest BCUT2D eigenvalue weighted by Crippen LogP contribution is -2.55. The van der Waals surface area contributed by atoms with Gasteiger partial charge in [-0.05, 0) is 52.2 Å². The van der Waals surface area contributed by atoms with E-state index in [1.54, 1.807) is 27.7 Å². The third kappa shape index (κ3) is 3.46. The van der Waals surface area contributed by atoms with E-state index in [4.69, 9.17) is 14.0 Å². The van der Waals surface area contributed by atoms with Gasteiger partial charge in [-0.2, -0.15) is 13.2 Å². The van der Waals surface area contributed by atoms with Crippen molar-refractivity contribution in [3.63, 3.8) is 0 Å². The van der Waals surface area contributed by atoms with E-state index in [2.05, 4.69) is 5.10 Å². The molecule has 13 heteroatoms. The van der Waals surface area contributed by atoms with Crippen molar-refractivity contribution < 1.29 is 35.9 Å². The normalized spacial score (nSPS) is 24.5. The Morgan fingerprint density at radius 2 is 1.81 bits per heavy atom. The van der Waals surface area contributed by atoms with Crippen molar-refractivity contribution in [2.75, 3.05) is 11.5 Å². The molecule has 3 aliphatic rings. The predicted octanol–water partition coefficient (Wildman–Crippen LogP) is 3.28. The molecule has 31 heavy (non-hydrogen) atoms. The number of ether oxygens (including phenoxy) is 1. The van der Waals surface area contributed by atoms with E-state index in [1.807, 2.05) is 0 Å². The fraction of sp³-hybridized carbons (Fsp3) is 0.556. The van der Waals surface area contributed by atoms with Gasteiger partial charge in [-0.3, -0.25) is 4.79 Å². The van der Waals surface area contributed by atoms with Crippen LogP contribution in [-0.2, 0) is 20.3 Å². The van der Waals surface area contributed by atoms with Gasteiger partial charge in [0.15, 0.2) is 18.2 Å². The number of amides is 1. The first-order valence-electron chi connectivity index (χ1n) is 9.50. The first-order chi connectivity index (χ1) is 14.3. The second kappa shape index (κ2) is 7.01. The average Bonchev–Trinajstić information content (AvgIpc) is 2.89. The number of fused-ring (bicyclic) bond motifs is 3. The van der Waals surface area contributed by atoms with Gasteiger partial charge in [0.25, 0.3) is 5.91 Å². The minimum absolute atomic E-state index is 0.0625. The summed E-state index contributed by atoms with van der Waals surface area (Å²) in [6.45, 7) is 8.25. The molecule has 1 aromatic carbocycles. The Hall–Kier alpha value is -1.99. The molecular formula is C18H20BF4N3O4S. The maximum absolute atomic E-state index is 13.9. The molecule has 1 atom stereocenters. The van der Waals surface area contributed by atoms with E-state index in [9.17, 15) is 21.9 Å². The largest absolute Gasteiger partial charge is 0.495 e. The van der Waals surface area contributed by atoms with E-state index in [-0.39, 0.29) is 41.7 Å². The first kappa shape index (κ1) is 22.2. The second-order valence-corrected chi connectivity index (χ2v) is 9.01. The lowest BCUT2D eigenvalue weighted by Gasteiger charge is -2.40. The molecule has 1 saturated heterocycles. The van der Waals surface area contributed by atoms with Gasteiger partial charge >= 0.3 is 13.3 Å². The summed E-state index contributed by atoms with van der Waals surface area (Å²) in [4.78, 5) is 13.9. The summed E-state index contributed by atoms with van der Waals surface area (Å²) in [5.74, 6) is -0.516. The van der Waals surface area contributed by atoms with Gasteiger partial charge in [0.1, 0.15) is 18.4 Å². The van der Waals surface area contributed by atoms with Crippen molar-refractivity contribution in [1.82, 2.24) is 4.41 Å². The molecule has 0 aliphatic carbocycles. The Labute approximate surface area is 181 Å². The Bertz CT molecular complexity index is 956. The molecule has 0 N–H and O–H groups in total. The van der Waals surface area contributed by atoms with Crippen molar-refractivity contribution in [3.05, 3.63) is 17.7 Å². The van der Waals surface area contributed by atoms with E-state index in [0.717, 1.165) is 6.07 Å². The van der Waals surface area contributed by atoms with Crippen molar-refractivity contribution in [2.45, 2.75) is 58.0 Å². The monoisotopic (exact) mass is 461 g/mol. The first-order valence-corrected chi connectivity index (χ1v) is 10.2. The van der Waals surface area contributed by atoms with E-state index in [1.165, 1.54) is 17.9 Å². The van der Waals surface area contributed by atoms with Crippen LogP contribution in [0, 0.1) is 0 Å². The highest BCUT2D eigenvalue weighted by Crippen LogP contribution is 2.43. The number of hydrogen-bond acceptors (Lipinski definition) is 7. The minimum atomic E-state index is -4.70. The van der Waals surface area contributed by atoms with Crippen molar-refractivity contribution >= 4 is 42.3 Å². The Balaban J connectivity index is 1.86. The van der Waals surface area contributed by atoms with Gasteiger partial charge in [-0.1, -0.05) is 0 Å². The average molecular weight is 461 g/mol. The molecule has 168 valence electrons. The van der Waals surface area contributed by atoms with E-state index in [0.29, 0.717) is 4.41 Å². The van der Waals surface area contributed by atoms with Gasteiger partial charge in [-0.25, -0.2) is 0 Å². The van der Waals surface area contributed by atoms with Gasteiger partial charge < -0.3 is 18.9 Å². The molecule has 1 aromatic rings. The third-order valence-electron chi connectivity index (χ3n) is 6.04. The zero-order chi connectivity index (χ0) is 22.9. The quantitative estimate of drug-likeness (QED) is 0.383. The molecule has 1 unspecified atom stereocenters. The van der Waals surface area contributed by atoms with Crippen molar-refractivity contribution in [2.24, 2.45) is 5.10 Å². The number of carbonyl (C=O) groups excluding carboxylic acids is 1. The summed E-state index contributed by atoms with van der Waals surface area (Å²) in [7, 11) is -1.29. The maximum atomic E-state index is 13.9. The molecule has 0 bridgehead atoms. The van der Waals surface area contributed by atoms with E-state index >= 15 is 0 Å². The predicted molar refractivity (Wildman–Crippen MR) is 108 cm³/mol. The molecule has 1 fully saturated rings. The molecule has 0 aromatic heterocycles. The fourth-order valence-electron chi connectivity index (χ4n) is 3.63. The Morgan fingerprint density at radius 3 is 2.35 bits per heavy atom. The molecule has 1 amide bonds. The molecular weight excluding hydrogens is 441 g/mol. The van der Waals surface area contributed by atoms with Gasteiger partial charge in [0, 0.05) is 0 Å². The molecule has 3 heterocycles. The van der Waals surface area contributed by atoms with Crippen molar-refractivity contribution in [3.8, 4) is 5.75 Å². The Morgan fingerprint density at radius 1 is 1.19 bits per heavy atom. The highest BCUT2D eigenvalue weighted by molar-refractivity contribution is 7.92. The number of anilines is 1. The summed E-state index contributed by atoms with van der Waals surface area (Å²) in [5, 5.41) is 3.90. The van der Waals surface area contributed by atoms with Crippen molar-refractivity contribution in [1.29, 1.82) is 0 Å². The zero-order valence-electron chi connectivity index (χ0n) is 17.4. The molecule has 3 aliphatic heterocycles. The van der Waals surface area contributed by atoms with Gasteiger partial charge in [0.05, 0.1) is 22.5 Å². The summed E-state index contributed by atoms with van der Waals surface area (Å²) >= 11 is -0.351. The standard InChI is InChI=1S/C18H20BF4N3O4S/c1-9-15(27)26(31-23)24-14-8-28-13-6-10(18(20,21)22)11(7-12(13)25(9)14)19-29-16(2,3)17(4,5)30-19/h6-7,9H,8H2,1-5H3. The van der Waals surface area contributed by atoms with Crippen LogP contribution in [0.2, 0.25) is 0 Å². The maximum Gasteiger partial charge on any atom is 0.495 e. The number of alkyl halides is 3. The SMILES string of the molecule is CC1C(=O)N(SF)N=C2COc3cc(C(F)(F)F)c(B4OC(C)(C)C(C)(C)O4)cc3N21. The third-order valence-corrected chi connectivity index (χ3v) is 6.44. The highest BCUT2D eigenvalue weighted by Gasteiger charge is 2.54. The minimum Gasteiger partial charge on any atom is -0.483 e. The number of halogens is 4. The van der Waals surface area contributed by atoms with Crippen LogP contribution in [-0.4, -0.2) is 47.1 Å².